The molecule has 0 radical (unpaired) electrons. The summed E-state index contributed by atoms with van der Waals surface area (Å²) in [6.07, 6.45) is 7.70. The summed E-state index contributed by atoms with van der Waals surface area (Å²) in [4.78, 5) is 10.9. The summed E-state index contributed by atoms with van der Waals surface area (Å²) in [5.74, 6) is 1.36. The molecule has 2 N–H and O–H groups in total. The maximum Gasteiger partial charge on any atom is 0.180 e. The highest BCUT2D eigenvalue weighted by molar-refractivity contribution is 5.66. The minimum absolute atomic E-state index is 0.426. The monoisotopic (exact) mass is 233 g/mol. The number of nitrogen functional groups attached to an aromatic ring is 1. The van der Waals surface area contributed by atoms with E-state index in [2.05, 4.69) is 28.7 Å². The van der Waals surface area contributed by atoms with Crippen LogP contribution in [0.15, 0.2) is 18.6 Å². The van der Waals surface area contributed by atoms with Gasteiger partial charge in [-0.2, -0.15) is 0 Å². The lowest BCUT2D eigenvalue weighted by Crippen LogP contribution is -2.30. The highest BCUT2D eigenvalue weighted by Gasteiger charge is 2.15. The molecule has 92 valence electrons. The summed E-state index contributed by atoms with van der Waals surface area (Å²) >= 11 is 0. The van der Waals surface area contributed by atoms with Gasteiger partial charge in [0.1, 0.15) is 5.82 Å². The van der Waals surface area contributed by atoms with Gasteiger partial charge in [-0.15, -0.1) is 0 Å². The molecular formula is C12H19N5. The van der Waals surface area contributed by atoms with Crippen LogP contribution in [0.2, 0.25) is 0 Å². The first-order chi connectivity index (χ1) is 8.13. The van der Waals surface area contributed by atoms with Crippen LogP contribution in [-0.4, -0.2) is 27.5 Å². The molecule has 0 saturated heterocycles. The summed E-state index contributed by atoms with van der Waals surface area (Å²) in [5, 5.41) is 0. The number of rotatable bonds is 4. The number of nitrogens with two attached hydrogens (primary N) is 1. The maximum absolute atomic E-state index is 5.81. The van der Waals surface area contributed by atoms with Gasteiger partial charge in [0.15, 0.2) is 11.5 Å². The van der Waals surface area contributed by atoms with E-state index >= 15 is 0 Å². The van der Waals surface area contributed by atoms with Crippen molar-refractivity contribution >= 4 is 17.3 Å². The Bertz CT molecular complexity index is 505. The molecule has 1 atom stereocenters. The van der Waals surface area contributed by atoms with Crippen molar-refractivity contribution < 1.29 is 0 Å². The van der Waals surface area contributed by atoms with Gasteiger partial charge in [-0.05, 0) is 13.3 Å². The van der Waals surface area contributed by atoms with Crippen molar-refractivity contribution in [3.05, 3.63) is 18.6 Å². The predicted molar refractivity (Wildman–Crippen MR) is 70.2 cm³/mol. The molecule has 17 heavy (non-hydrogen) atoms. The Hall–Kier alpha value is -1.78. The lowest BCUT2D eigenvalue weighted by Gasteiger charge is -2.26. The molecule has 0 aromatic carbocycles. The van der Waals surface area contributed by atoms with Gasteiger partial charge >= 0.3 is 0 Å². The Balaban J connectivity index is 2.43. The van der Waals surface area contributed by atoms with E-state index in [1.54, 1.807) is 12.4 Å². The molecule has 0 aliphatic heterocycles. The molecule has 5 nitrogen and oxygen atoms in total. The smallest absolute Gasteiger partial charge is 0.180 e. The third kappa shape index (κ3) is 2.18. The van der Waals surface area contributed by atoms with Crippen molar-refractivity contribution in [1.29, 1.82) is 0 Å². The number of aromatic nitrogens is 3. The Labute approximate surface area is 101 Å². The van der Waals surface area contributed by atoms with Gasteiger partial charge in [-0.3, -0.25) is 0 Å². The molecule has 5 heteroatoms. The highest BCUT2D eigenvalue weighted by Crippen LogP contribution is 2.21. The van der Waals surface area contributed by atoms with E-state index in [1.807, 2.05) is 17.6 Å². The standard InChI is InChI=1S/C12H19N5/c1-4-5-9(2)16(3)12-11-14-6-7-17(11)8-10(13)15-12/h6-9H,4-5,13H2,1-3H3. The lowest BCUT2D eigenvalue weighted by atomic mass is 10.2. The number of fused-ring (bicyclic) bond motifs is 1. The maximum atomic E-state index is 5.81. The first-order valence-corrected chi connectivity index (χ1v) is 5.95. The molecule has 1 unspecified atom stereocenters. The summed E-state index contributed by atoms with van der Waals surface area (Å²) in [5.41, 5.74) is 6.66. The Morgan fingerprint density at radius 2 is 2.29 bits per heavy atom. The lowest BCUT2D eigenvalue weighted by molar-refractivity contribution is 0.612. The summed E-state index contributed by atoms with van der Waals surface area (Å²) in [6, 6.07) is 0.426. The first-order valence-electron chi connectivity index (χ1n) is 5.95. The largest absolute Gasteiger partial charge is 0.382 e. The molecule has 2 aromatic heterocycles. The molecule has 0 fully saturated rings. The van der Waals surface area contributed by atoms with Crippen LogP contribution in [0.3, 0.4) is 0 Å². The third-order valence-electron chi connectivity index (χ3n) is 3.08. The minimum Gasteiger partial charge on any atom is -0.382 e. The molecule has 2 aromatic rings. The van der Waals surface area contributed by atoms with Crippen molar-refractivity contribution in [3.8, 4) is 0 Å². The number of imidazole rings is 1. The van der Waals surface area contributed by atoms with Crippen molar-refractivity contribution in [2.75, 3.05) is 17.7 Å². The molecule has 2 rings (SSSR count). The third-order valence-corrected chi connectivity index (χ3v) is 3.08. The van der Waals surface area contributed by atoms with Crippen molar-refractivity contribution in [3.63, 3.8) is 0 Å². The number of nitrogens with zero attached hydrogens (tertiary/aromatic N) is 4. The average molecular weight is 233 g/mol. The second-order valence-corrected chi connectivity index (χ2v) is 4.40. The number of anilines is 2. The zero-order valence-electron chi connectivity index (χ0n) is 10.6. The Morgan fingerprint density at radius 3 is 3.00 bits per heavy atom. The normalized spacial score (nSPS) is 12.9. The summed E-state index contributed by atoms with van der Waals surface area (Å²) < 4.78 is 1.91. The van der Waals surface area contributed by atoms with Gasteiger partial charge in [0.05, 0.1) is 6.20 Å². The molecule has 0 aliphatic carbocycles. The van der Waals surface area contributed by atoms with E-state index in [0.717, 1.165) is 24.3 Å². The molecule has 0 spiro atoms. The van der Waals surface area contributed by atoms with Crippen LogP contribution >= 0.6 is 0 Å². The average Bonchev–Trinajstić information content (AvgIpc) is 2.75. The fraction of sp³-hybridized carbons (Fsp3) is 0.500. The van der Waals surface area contributed by atoms with E-state index in [9.17, 15) is 0 Å². The highest BCUT2D eigenvalue weighted by atomic mass is 15.2. The van der Waals surface area contributed by atoms with E-state index in [4.69, 9.17) is 5.73 Å². The van der Waals surface area contributed by atoms with Gasteiger partial charge < -0.3 is 15.0 Å². The van der Waals surface area contributed by atoms with Crippen LogP contribution in [0.25, 0.3) is 5.65 Å². The van der Waals surface area contributed by atoms with Crippen LogP contribution in [0.1, 0.15) is 26.7 Å². The summed E-state index contributed by atoms with van der Waals surface area (Å²) in [7, 11) is 2.04. The zero-order valence-corrected chi connectivity index (χ0v) is 10.6. The van der Waals surface area contributed by atoms with Crippen LogP contribution < -0.4 is 10.6 Å². The second kappa shape index (κ2) is 4.61. The molecule has 0 aliphatic rings. The van der Waals surface area contributed by atoms with E-state index in [0.29, 0.717) is 11.9 Å². The number of hydrogen-bond donors (Lipinski definition) is 1. The van der Waals surface area contributed by atoms with Gasteiger partial charge in [-0.25, -0.2) is 9.97 Å². The predicted octanol–water partition coefficient (Wildman–Crippen LogP) is 1.94. The van der Waals surface area contributed by atoms with Crippen molar-refractivity contribution in [2.45, 2.75) is 32.7 Å². The van der Waals surface area contributed by atoms with E-state index < -0.39 is 0 Å². The van der Waals surface area contributed by atoms with Gasteiger partial charge in [0.25, 0.3) is 0 Å². The van der Waals surface area contributed by atoms with Crippen LogP contribution in [0.4, 0.5) is 11.6 Å². The second-order valence-electron chi connectivity index (χ2n) is 4.40. The fourth-order valence-corrected chi connectivity index (χ4v) is 1.99. The Morgan fingerprint density at radius 1 is 1.53 bits per heavy atom. The molecule has 0 bridgehead atoms. The fourth-order valence-electron chi connectivity index (χ4n) is 1.99. The molecule has 0 amide bonds. The van der Waals surface area contributed by atoms with Crippen molar-refractivity contribution in [2.24, 2.45) is 0 Å². The van der Waals surface area contributed by atoms with E-state index in [-0.39, 0.29) is 0 Å². The van der Waals surface area contributed by atoms with Crippen molar-refractivity contribution in [1.82, 2.24) is 14.4 Å². The van der Waals surface area contributed by atoms with Crippen LogP contribution in [0.5, 0.6) is 0 Å². The van der Waals surface area contributed by atoms with Gasteiger partial charge in [-0.1, -0.05) is 13.3 Å². The zero-order chi connectivity index (χ0) is 12.4. The topological polar surface area (TPSA) is 59.5 Å². The minimum atomic E-state index is 0.426. The molecule has 0 saturated carbocycles. The quantitative estimate of drug-likeness (QED) is 0.876. The SMILES string of the molecule is CCCC(C)N(C)c1nc(N)cn2ccnc12. The molecular weight excluding hydrogens is 214 g/mol. The number of hydrogen-bond acceptors (Lipinski definition) is 4. The summed E-state index contributed by atoms with van der Waals surface area (Å²) in [6.45, 7) is 4.37. The molecule has 2 heterocycles. The Kier molecular flexibility index (Phi) is 3.17. The van der Waals surface area contributed by atoms with Gasteiger partial charge in [0, 0.05) is 25.5 Å². The van der Waals surface area contributed by atoms with Crippen LogP contribution in [-0.2, 0) is 0 Å². The van der Waals surface area contributed by atoms with E-state index in [1.165, 1.54) is 0 Å². The van der Waals surface area contributed by atoms with Gasteiger partial charge in [0.2, 0.25) is 0 Å². The van der Waals surface area contributed by atoms with Crippen LogP contribution in [0, 0.1) is 0 Å². The first kappa shape index (κ1) is 11.7.